The van der Waals surface area contributed by atoms with Gasteiger partial charge >= 0.3 is 0 Å². The van der Waals surface area contributed by atoms with Crippen molar-refractivity contribution in [1.29, 1.82) is 0 Å². The lowest BCUT2D eigenvalue weighted by Gasteiger charge is -2.27. The summed E-state index contributed by atoms with van der Waals surface area (Å²) in [6.45, 7) is 8.60. The van der Waals surface area contributed by atoms with E-state index < -0.39 is 0 Å². The smallest absolute Gasteiger partial charge is 0.0582 e. The van der Waals surface area contributed by atoms with Gasteiger partial charge in [-0.3, -0.25) is 0 Å². The fraction of sp³-hybridized carbons (Fsp3) is 0.647. The summed E-state index contributed by atoms with van der Waals surface area (Å²) in [5.74, 6) is 0.519. The summed E-state index contributed by atoms with van der Waals surface area (Å²) in [6, 6.07) is 8.73. The number of nitrogens with one attached hydrogen (secondary N) is 1. The van der Waals surface area contributed by atoms with Gasteiger partial charge in [-0.1, -0.05) is 28.1 Å². The first-order chi connectivity index (χ1) is 9.44. The molecule has 1 aliphatic heterocycles. The van der Waals surface area contributed by atoms with Gasteiger partial charge in [0.2, 0.25) is 0 Å². The number of halogens is 1. The van der Waals surface area contributed by atoms with E-state index in [1.54, 1.807) is 0 Å². The summed E-state index contributed by atoms with van der Waals surface area (Å²) < 4.78 is 6.96. The third-order valence-electron chi connectivity index (χ3n) is 3.79. The average molecular weight is 340 g/mol. The molecular weight excluding hydrogens is 314 g/mol. The molecular formula is C17H26BrNO. The number of ether oxygens (including phenoxy) is 1. The fourth-order valence-corrected chi connectivity index (χ4v) is 2.91. The Morgan fingerprint density at radius 2 is 2.00 bits per heavy atom. The maximum Gasteiger partial charge on any atom is 0.0582 e. The minimum absolute atomic E-state index is 0.157. The predicted molar refractivity (Wildman–Crippen MR) is 88.2 cm³/mol. The topological polar surface area (TPSA) is 21.3 Å². The van der Waals surface area contributed by atoms with Crippen LogP contribution in [0.4, 0.5) is 0 Å². The summed E-state index contributed by atoms with van der Waals surface area (Å²) in [5.41, 5.74) is 1.56. The van der Waals surface area contributed by atoms with Crippen LogP contribution >= 0.6 is 15.9 Å². The average Bonchev–Trinajstić information content (AvgIpc) is 2.87. The van der Waals surface area contributed by atoms with E-state index in [-0.39, 0.29) is 5.54 Å². The van der Waals surface area contributed by atoms with Crippen molar-refractivity contribution in [2.45, 2.75) is 57.6 Å². The Hall–Kier alpha value is -0.380. The highest BCUT2D eigenvalue weighted by atomic mass is 79.9. The van der Waals surface area contributed by atoms with Gasteiger partial charge in [0, 0.05) is 23.2 Å². The first kappa shape index (κ1) is 16.0. The van der Waals surface area contributed by atoms with Crippen LogP contribution in [0.2, 0.25) is 0 Å². The van der Waals surface area contributed by atoms with Gasteiger partial charge in [-0.25, -0.2) is 0 Å². The highest BCUT2D eigenvalue weighted by molar-refractivity contribution is 9.10. The molecule has 3 heteroatoms. The molecule has 0 bridgehead atoms. The van der Waals surface area contributed by atoms with Crippen LogP contribution in [-0.2, 0) is 4.74 Å². The summed E-state index contributed by atoms with van der Waals surface area (Å²) in [5, 5.41) is 3.64. The van der Waals surface area contributed by atoms with Crippen molar-refractivity contribution < 1.29 is 4.74 Å². The van der Waals surface area contributed by atoms with E-state index >= 15 is 0 Å². The third kappa shape index (κ3) is 5.19. The summed E-state index contributed by atoms with van der Waals surface area (Å²) in [7, 11) is 0. The summed E-state index contributed by atoms with van der Waals surface area (Å²) in [4.78, 5) is 0. The molecule has 2 unspecified atom stereocenters. The minimum atomic E-state index is 0.157. The molecule has 1 N–H and O–H groups in total. The van der Waals surface area contributed by atoms with Crippen molar-refractivity contribution in [1.82, 2.24) is 5.32 Å². The van der Waals surface area contributed by atoms with E-state index in [1.165, 1.54) is 18.4 Å². The molecule has 112 valence electrons. The molecule has 20 heavy (non-hydrogen) atoms. The summed E-state index contributed by atoms with van der Waals surface area (Å²) >= 11 is 3.51. The lowest BCUT2D eigenvalue weighted by Crippen LogP contribution is -2.39. The van der Waals surface area contributed by atoms with Gasteiger partial charge in [0.1, 0.15) is 0 Å². The van der Waals surface area contributed by atoms with E-state index in [4.69, 9.17) is 4.74 Å². The van der Waals surface area contributed by atoms with E-state index in [0.717, 1.165) is 24.0 Å². The Morgan fingerprint density at radius 1 is 1.30 bits per heavy atom. The zero-order valence-corrected chi connectivity index (χ0v) is 14.4. The molecule has 1 saturated heterocycles. The van der Waals surface area contributed by atoms with Crippen molar-refractivity contribution in [3.05, 3.63) is 34.3 Å². The molecule has 1 aromatic carbocycles. The van der Waals surface area contributed by atoms with Crippen LogP contribution in [0.5, 0.6) is 0 Å². The number of rotatable bonds is 5. The van der Waals surface area contributed by atoms with Gasteiger partial charge in [-0.2, -0.15) is 0 Å². The van der Waals surface area contributed by atoms with Crippen molar-refractivity contribution in [3.63, 3.8) is 0 Å². The molecule has 0 spiro atoms. The molecule has 2 atom stereocenters. The molecule has 0 aromatic heterocycles. The van der Waals surface area contributed by atoms with E-state index in [2.05, 4.69) is 66.3 Å². The third-order valence-corrected chi connectivity index (χ3v) is 4.32. The predicted octanol–water partition coefficient (Wildman–Crippen LogP) is 4.49. The van der Waals surface area contributed by atoms with Gasteiger partial charge in [0.15, 0.2) is 0 Å². The second-order valence-electron chi connectivity index (χ2n) is 6.75. The van der Waals surface area contributed by atoms with Crippen LogP contribution in [0.15, 0.2) is 28.7 Å². The minimum Gasteiger partial charge on any atom is -0.378 e. The number of benzene rings is 1. The lowest BCUT2D eigenvalue weighted by molar-refractivity contribution is 0.0970. The Bertz CT molecular complexity index is 404. The molecule has 2 rings (SSSR count). The molecule has 1 aliphatic rings. The molecule has 0 aliphatic carbocycles. The Morgan fingerprint density at radius 3 is 2.55 bits per heavy atom. The van der Waals surface area contributed by atoms with E-state index in [1.807, 2.05) is 0 Å². The monoisotopic (exact) mass is 339 g/mol. The molecule has 0 saturated carbocycles. The normalized spacial score (nSPS) is 21.1. The van der Waals surface area contributed by atoms with Gasteiger partial charge < -0.3 is 10.1 Å². The Balaban J connectivity index is 2.03. The lowest BCUT2D eigenvalue weighted by atomic mass is 9.91. The van der Waals surface area contributed by atoms with Crippen LogP contribution in [0.1, 0.15) is 51.5 Å². The number of hydrogen-bond acceptors (Lipinski definition) is 2. The SMILES string of the molecule is CC(C)(C)NCC(CC1CCCO1)c1ccc(Br)cc1. The Labute approximate surface area is 131 Å². The number of hydrogen-bond donors (Lipinski definition) is 1. The standard InChI is InChI=1S/C17H26BrNO/c1-17(2,3)19-12-14(11-16-5-4-10-20-16)13-6-8-15(18)9-7-13/h6-9,14,16,19H,4-5,10-12H2,1-3H3. The quantitative estimate of drug-likeness (QED) is 0.853. The second-order valence-corrected chi connectivity index (χ2v) is 7.67. The molecule has 0 radical (unpaired) electrons. The van der Waals surface area contributed by atoms with Crippen LogP contribution in [0, 0.1) is 0 Å². The molecule has 0 amide bonds. The van der Waals surface area contributed by atoms with Gasteiger partial charge in [0.25, 0.3) is 0 Å². The van der Waals surface area contributed by atoms with Gasteiger partial charge in [-0.05, 0) is 63.6 Å². The maximum absolute atomic E-state index is 5.82. The Kier molecular flexibility index (Phi) is 5.65. The van der Waals surface area contributed by atoms with E-state index in [9.17, 15) is 0 Å². The zero-order valence-electron chi connectivity index (χ0n) is 12.8. The maximum atomic E-state index is 5.82. The first-order valence-corrected chi connectivity index (χ1v) is 8.35. The summed E-state index contributed by atoms with van der Waals surface area (Å²) in [6.07, 6.45) is 3.97. The van der Waals surface area contributed by atoms with Crippen LogP contribution in [0.25, 0.3) is 0 Å². The van der Waals surface area contributed by atoms with E-state index in [0.29, 0.717) is 12.0 Å². The molecule has 1 aromatic rings. The van der Waals surface area contributed by atoms with Crippen molar-refractivity contribution in [3.8, 4) is 0 Å². The zero-order chi connectivity index (χ0) is 14.6. The fourth-order valence-electron chi connectivity index (χ4n) is 2.65. The van der Waals surface area contributed by atoms with Crippen LogP contribution in [0.3, 0.4) is 0 Å². The van der Waals surface area contributed by atoms with Crippen molar-refractivity contribution in [2.75, 3.05) is 13.2 Å². The molecule has 1 heterocycles. The first-order valence-electron chi connectivity index (χ1n) is 7.56. The largest absolute Gasteiger partial charge is 0.378 e. The second kappa shape index (κ2) is 7.06. The molecule has 1 fully saturated rings. The van der Waals surface area contributed by atoms with Crippen LogP contribution < -0.4 is 5.32 Å². The van der Waals surface area contributed by atoms with Gasteiger partial charge in [0.05, 0.1) is 6.10 Å². The van der Waals surface area contributed by atoms with Crippen LogP contribution in [-0.4, -0.2) is 24.8 Å². The van der Waals surface area contributed by atoms with Crippen molar-refractivity contribution >= 4 is 15.9 Å². The van der Waals surface area contributed by atoms with Crippen molar-refractivity contribution in [2.24, 2.45) is 0 Å². The highest BCUT2D eigenvalue weighted by Crippen LogP contribution is 2.28. The van der Waals surface area contributed by atoms with Gasteiger partial charge in [-0.15, -0.1) is 0 Å². The highest BCUT2D eigenvalue weighted by Gasteiger charge is 2.23. The molecule has 2 nitrogen and oxygen atoms in total.